The Morgan fingerprint density at radius 1 is 0.920 bits per heavy atom. The summed E-state index contributed by atoms with van der Waals surface area (Å²) in [4.78, 5) is 8.62. The van der Waals surface area contributed by atoms with Crippen molar-refractivity contribution >= 4 is 23.1 Å². The number of halogens is 2. The van der Waals surface area contributed by atoms with Crippen molar-refractivity contribution in [3.8, 4) is 0 Å². The van der Waals surface area contributed by atoms with E-state index in [0.29, 0.717) is 5.82 Å². The monoisotopic (exact) mass is 340 g/mol. The van der Waals surface area contributed by atoms with E-state index in [4.69, 9.17) is 0 Å². The molecule has 0 amide bonds. The third-order valence-electron chi connectivity index (χ3n) is 3.69. The summed E-state index contributed by atoms with van der Waals surface area (Å²) in [5, 5.41) is 6.06. The van der Waals surface area contributed by atoms with Crippen LogP contribution in [0.1, 0.15) is 18.2 Å². The Bertz CT molecular complexity index is 896. The maximum Gasteiger partial charge on any atom is 0.229 e. The maximum atomic E-state index is 13.8. The molecule has 2 N–H and O–H groups in total. The molecule has 3 rings (SSSR count). The molecule has 0 bridgehead atoms. The summed E-state index contributed by atoms with van der Waals surface area (Å²) in [5.41, 5.74) is 2.96. The van der Waals surface area contributed by atoms with Crippen LogP contribution < -0.4 is 10.6 Å². The Hall–Kier alpha value is -3.02. The van der Waals surface area contributed by atoms with Gasteiger partial charge in [-0.25, -0.2) is 13.8 Å². The molecule has 0 radical (unpaired) electrons. The number of nitrogens with zero attached hydrogens (tertiary/aromatic N) is 2. The van der Waals surface area contributed by atoms with Gasteiger partial charge < -0.3 is 10.6 Å². The lowest BCUT2D eigenvalue weighted by atomic mass is 10.1. The molecule has 0 spiro atoms. The molecule has 4 nitrogen and oxygen atoms in total. The number of aromatic nitrogens is 2. The van der Waals surface area contributed by atoms with Crippen LogP contribution in [0.15, 0.2) is 48.5 Å². The van der Waals surface area contributed by atoms with E-state index in [1.165, 1.54) is 12.1 Å². The highest BCUT2D eigenvalue weighted by Gasteiger charge is 2.08. The normalized spacial score (nSPS) is 10.6. The van der Waals surface area contributed by atoms with Crippen molar-refractivity contribution in [3.63, 3.8) is 0 Å². The van der Waals surface area contributed by atoms with Crippen molar-refractivity contribution in [1.82, 2.24) is 9.97 Å². The zero-order chi connectivity index (χ0) is 17.8. The molecule has 2 aromatic carbocycles. The summed E-state index contributed by atoms with van der Waals surface area (Å²) in [5.74, 6) is -0.497. The van der Waals surface area contributed by atoms with Gasteiger partial charge in [-0.3, -0.25) is 0 Å². The zero-order valence-corrected chi connectivity index (χ0v) is 14.0. The van der Waals surface area contributed by atoms with Crippen LogP contribution in [0.25, 0.3) is 0 Å². The molecule has 0 aliphatic heterocycles. The second kappa shape index (κ2) is 7.25. The van der Waals surface area contributed by atoms with Crippen molar-refractivity contribution in [2.24, 2.45) is 0 Å². The van der Waals surface area contributed by atoms with Gasteiger partial charge in [0.15, 0.2) is 0 Å². The van der Waals surface area contributed by atoms with Crippen LogP contribution in [0.4, 0.5) is 31.9 Å². The largest absolute Gasteiger partial charge is 0.340 e. The fourth-order valence-electron chi connectivity index (χ4n) is 2.49. The molecule has 0 fully saturated rings. The van der Waals surface area contributed by atoms with E-state index >= 15 is 0 Å². The van der Waals surface area contributed by atoms with E-state index in [-0.39, 0.29) is 11.6 Å². The summed E-state index contributed by atoms with van der Waals surface area (Å²) < 4.78 is 26.8. The number of nitrogens with one attached hydrogen (secondary N) is 2. The van der Waals surface area contributed by atoms with Gasteiger partial charge >= 0.3 is 0 Å². The number of hydrogen-bond acceptors (Lipinski definition) is 4. The van der Waals surface area contributed by atoms with Crippen LogP contribution in [0.2, 0.25) is 0 Å². The molecular formula is C19H18F2N4. The lowest BCUT2D eigenvalue weighted by Crippen LogP contribution is -2.04. The topological polar surface area (TPSA) is 49.8 Å². The smallest absolute Gasteiger partial charge is 0.229 e. The minimum absolute atomic E-state index is 0.118. The first kappa shape index (κ1) is 16.8. The van der Waals surface area contributed by atoms with Gasteiger partial charge in [0, 0.05) is 23.5 Å². The van der Waals surface area contributed by atoms with E-state index in [1.54, 1.807) is 6.07 Å². The molecule has 0 saturated heterocycles. The van der Waals surface area contributed by atoms with E-state index in [2.05, 4.69) is 27.5 Å². The summed E-state index contributed by atoms with van der Waals surface area (Å²) in [6.07, 6.45) is 0.888. The number of aryl methyl sites for hydroxylation is 2. The summed E-state index contributed by atoms with van der Waals surface area (Å²) >= 11 is 0. The van der Waals surface area contributed by atoms with Gasteiger partial charge in [-0.1, -0.05) is 25.1 Å². The molecule has 0 saturated carbocycles. The Morgan fingerprint density at radius 2 is 1.72 bits per heavy atom. The van der Waals surface area contributed by atoms with Gasteiger partial charge in [-0.05, 0) is 37.1 Å². The predicted molar refractivity (Wildman–Crippen MR) is 95.5 cm³/mol. The fraction of sp³-hybridized carbons (Fsp3) is 0.158. The summed E-state index contributed by atoms with van der Waals surface area (Å²) in [6.45, 7) is 3.90. The molecule has 0 atom stereocenters. The average molecular weight is 340 g/mol. The molecule has 0 aliphatic rings. The van der Waals surface area contributed by atoms with Gasteiger partial charge in [-0.15, -0.1) is 0 Å². The Labute approximate surface area is 145 Å². The predicted octanol–water partition coefficient (Wildman–Crippen LogP) is 5.11. The van der Waals surface area contributed by atoms with Crippen molar-refractivity contribution in [3.05, 3.63) is 71.4 Å². The molecule has 1 aromatic heterocycles. The number of rotatable bonds is 5. The first-order valence-corrected chi connectivity index (χ1v) is 7.98. The van der Waals surface area contributed by atoms with Crippen LogP contribution in [-0.4, -0.2) is 9.97 Å². The Morgan fingerprint density at radius 3 is 2.48 bits per heavy atom. The van der Waals surface area contributed by atoms with Gasteiger partial charge in [-0.2, -0.15) is 4.98 Å². The summed E-state index contributed by atoms with van der Waals surface area (Å²) in [6, 6.07) is 13.1. The highest BCUT2D eigenvalue weighted by atomic mass is 19.1. The second-order valence-corrected chi connectivity index (χ2v) is 5.60. The minimum atomic E-state index is -0.698. The van der Waals surface area contributed by atoms with Crippen LogP contribution in [0.5, 0.6) is 0 Å². The highest BCUT2D eigenvalue weighted by molar-refractivity contribution is 5.63. The third-order valence-corrected chi connectivity index (χ3v) is 3.69. The van der Waals surface area contributed by atoms with Crippen molar-refractivity contribution in [1.29, 1.82) is 0 Å². The second-order valence-electron chi connectivity index (χ2n) is 5.60. The standard InChI is InChI=1S/C19H18F2N4/c1-3-13-6-4-5-7-16(13)23-18-10-12(2)22-19(25-18)24-17-9-8-14(20)11-15(17)21/h4-11H,3H2,1-2H3,(H2,22,23,24,25). The summed E-state index contributed by atoms with van der Waals surface area (Å²) in [7, 11) is 0. The lowest BCUT2D eigenvalue weighted by molar-refractivity contribution is 0.586. The number of benzene rings is 2. The Kier molecular flexibility index (Phi) is 4.88. The highest BCUT2D eigenvalue weighted by Crippen LogP contribution is 2.23. The zero-order valence-electron chi connectivity index (χ0n) is 14.0. The molecule has 128 valence electrons. The van der Waals surface area contributed by atoms with Gasteiger partial charge in [0.1, 0.15) is 17.5 Å². The number of para-hydroxylation sites is 1. The van der Waals surface area contributed by atoms with Crippen molar-refractivity contribution < 1.29 is 8.78 Å². The van der Waals surface area contributed by atoms with Gasteiger partial charge in [0.25, 0.3) is 0 Å². The molecule has 1 heterocycles. The van der Waals surface area contributed by atoms with Crippen LogP contribution in [0.3, 0.4) is 0 Å². The molecule has 6 heteroatoms. The average Bonchev–Trinajstić information content (AvgIpc) is 2.57. The van der Waals surface area contributed by atoms with Crippen LogP contribution in [-0.2, 0) is 6.42 Å². The van der Waals surface area contributed by atoms with E-state index in [0.717, 1.165) is 29.4 Å². The van der Waals surface area contributed by atoms with E-state index in [1.807, 2.05) is 31.2 Å². The molecule has 3 aromatic rings. The van der Waals surface area contributed by atoms with E-state index < -0.39 is 11.6 Å². The molecule has 0 aliphatic carbocycles. The van der Waals surface area contributed by atoms with Crippen LogP contribution >= 0.6 is 0 Å². The third kappa shape index (κ3) is 4.09. The molecular weight excluding hydrogens is 322 g/mol. The SMILES string of the molecule is CCc1ccccc1Nc1cc(C)nc(Nc2ccc(F)cc2F)n1. The molecule has 25 heavy (non-hydrogen) atoms. The van der Waals surface area contributed by atoms with E-state index in [9.17, 15) is 8.78 Å². The van der Waals surface area contributed by atoms with Crippen LogP contribution in [0, 0.1) is 18.6 Å². The van der Waals surface area contributed by atoms with Crippen molar-refractivity contribution in [2.75, 3.05) is 10.6 Å². The van der Waals surface area contributed by atoms with Gasteiger partial charge in [0.05, 0.1) is 5.69 Å². The van der Waals surface area contributed by atoms with Crippen molar-refractivity contribution in [2.45, 2.75) is 20.3 Å². The molecule has 0 unspecified atom stereocenters. The lowest BCUT2D eigenvalue weighted by Gasteiger charge is -2.12. The first-order chi connectivity index (χ1) is 12.0. The van der Waals surface area contributed by atoms with Gasteiger partial charge in [0.2, 0.25) is 5.95 Å². The maximum absolute atomic E-state index is 13.8. The quantitative estimate of drug-likeness (QED) is 0.677. The number of hydrogen-bond donors (Lipinski definition) is 2. The Balaban J connectivity index is 1.87. The minimum Gasteiger partial charge on any atom is -0.340 e. The number of anilines is 4. The fourth-order valence-corrected chi connectivity index (χ4v) is 2.49. The first-order valence-electron chi connectivity index (χ1n) is 7.98.